The highest BCUT2D eigenvalue weighted by atomic mass is 35.5. The Kier molecular flexibility index (Phi) is 7.94. The van der Waals surface area contributed by atoms with Crippen molar-refractivity contribution in [1.29, 1.82) is 0 Å². The van der Waals surface area contributed by atoms with E-state index in [4.69, 9.17) is 16.3 Å². The van der Waals surface area contributed by atoms with Crippen molar-refractivity contribution in [2.24, 2.45) is 0 Å². The third-order valence-corrected chi connectivity index (χ3v) is 6.81. The highest BCUT2D eigenvalue weighted by molar-refractivity contribution is 7.89. The van der Waals surface area contributed by atoms with Crippen molar-refractivity contribution in [3.05, 3.63) is 58.9 Å². The molecule has 1 N–H and O–H groups in total. The molecule has 7 nitrogen and oxygen atoms in total. The molecule has 0 heterocycles. The first-order chi connectivity index (χ1) is 14.1. The number of esters is 1. The SMILES string of the molecule is CCN(CC)S(=O)(=O)c1cc(C(=O)O[C@H](C)C(=O)Nc2ccccc2F)ccc1Cl. The van der Waals surface area contributed by atoms with E-state index in [1.165, 1.54) is 41.6 Å². The summed E-state index contributed by atoms with van der Waals surface area (Å²) in [6.45, 7) is 5.15. The second kappa shape index (κ2) is 10.0. The molecule has 0 aliphatic rings. The summed E-state index contributed by atoms with van der Waals surface area (Å²) in [7, 11) is -3.91. The van der Waals surface area contributed by atoms with Crippen LogP contribution in [0.2, 0.25) is 5.02 Å². The van der Waals surface area contributed by atoms with Gasteiger partial charge in [-0.1, -0.05) is 37.6 Å². The van der Waals surface area contributed by atoms with E-state index in [1.54, 1.807) is 19.9 Å². The fourth-order valence-electron chi connectivity index (χ4n) is 2.61. The number of carbonyl (C=O) groups is 2. The summed E-state index contributed by atoms with van der Waals surface area (Å²) in [6.07, 6.45) is -1.25. The number of benzene rings is 2. The summed E-state index contributed by atoms with van der Waals surface area (Å²) in [4.78, 5) is 24.4. The van der Waals surface area contributed by atoms with Crippen LogP contribution in [0.15, 0.2) is 47.4 Å². The minimum atomic E-state index is -3.91. The number of nitrogens with zero attached hydrogens (tertiary/aromatic N) is 1. The Bertz CT molecular complexity index is 1040. The molecule has 10 heteroatoms. The number of para-hydroxylation sites is 1. The van der Waals surface area contributed by atoms with Crippen molar-refractivity contribution in [1.82, 2.24) is 4.31 Å². The summed E-state index contributed by atoms with van der Waals surface area (Å²) in [6, 6.07) is 9.24. The van der Waals surface area contributed by atoms with Crippen molar-refractivity contribution in [2.45, 2.75) is 31.8 Å². The molecule has 0 aromatic heterocycles. The summed E-state index contributed by atoms with van der Waals surface area (Å²) in [5.74, 6) is -2.29. The standard InChI is InChI=1S/C20H22ClFN2O5S/c1-4-24(5-2)30(27,28)18-12-14(10-11-15(18)21)20(26)29-13(3)19(25)23-17-9-7-6-8-16(17)22/h6-13H,4-5H2,1-3H3,(H,23,25)/t13-/m1/s1. The number of halogens is 2. The lowest BCUT2D eigenvalue weighted by atomic mass is 10.2. The molecule has 1 atom stereocenters. The second-order valence-electron chi connectivity index (χ2n) is 6.25. The number of rotatable bonds is 8. The smallest absolute Gasteiger partial charge is 0.338 e. The Hall–Kier alpha value is -2.49. The maximum Gasteiger partial charge on any atom is 0.338 e. The zero-order chi connectivity index (χ0) is 22.5. The first-order valence-corrected chi connectivity index (χ1v) is 11.0. The van der Waals surface area contributed by atoms with Crippen LogP contribution in [0, 0.1) is 5.82 Å². The van der Waals surface area contributed by atoms with Crippen LogP contribution in [-0.2, 0) is 19.6 Å². The molecule has 162 valence electrons. The van der Waals surface area contributed by atoms with Gasteiger partial charge >= 0.3 is 5.97 Å². The van der Waals surface area contributed by atoms with E-state index < -0.39 is 33.8 Å². The normalized spacial score (nSPS) is 12.5. The van der Waals surface area contributed by atoms with Gasteiger partial charge in [0.2, 0.25) is 10.0 Å². The summed E-state index contributed by atoms with van der Waals surface area (Å²) in [5, 5.41) is 2.29. The number of anilines is 1. The van der Waals surface area contributed by atoms with Gasteiger partial charge in [-0.15, -0.1) is 0 Å². The molecule has 1 amide bonds. The number of sulfonamides is 1. The van der Waals surface area contributed by atoms with Gasteiger partial charge < -0.3 is 10.1 Å². The largest absolute Gasteiger partial charge is 0.449 e. The zero-order valence-electron chi connectivity index (χ0n) is 16.7. The molecule has 0 spiro atoms. The van der Waals surface area contributed by atoms with Gasteiger partial charge in [0, 0.05) is 13.1 Å². The number of hydrogen-bond donors (Lipinski definition) is 1. The number of ether oxygens (including phenoxy) is 1. The molecular weight excluding hydrogens is 435 g/mol. The van der Waals surface area contributed by atoms with Crippen molar-refractivity contribution >= 4 is 39.2 Å². The molecule has 0 bridgehead atoms. The topological polar surface area (TPSA) is 92.8 Å². The van der Waals surface area contributed by atoms with Crippen LogP contribution in [0.25, 0.3) is 0 Å². The summed E-state index contributed by atoms with van der Waals surface area (Å²) >= 11 is 6.05. The molecule has 30 heavy (non-hydrogen) atoms. The van der Waals surface area contributed by atoms with Crippen LogP contribution in [0.3, 0.4) is 0 Å². The van der Waals surface area contributed by atoms with Gasteiger partial charge in [-0.25, -0.2) is 17.6 Å². The van der Waals surface area contributed by atoms with Gasteiger partial charge in [0.25, 0.3) is 5.91 Å². The van der Waals surface area contributed by atoms with Crippen molar-refractivity contribution in [3.8, 4) is 0 Å². The van der Waals surface area contributed by atoms with E-state index in [-0.39, 0.29) is 34.3 Å². The highest BCUT2D eigenvalue weighted by Crippen LogP contribution is 2.26. The van der Waals surface area contributed by atoms with E-state index >= 15 is 0 Å². The summed E-state index contributed by atoms with van der Waals surface area (Å²) < 4.78 is 45.5. The molecule has 2 aromatic carbocycles. The molecular formula is C20H22ClFN2O5S. The number of amides is 1. The molecule has 2 rings (SSSR count). The van der Waals surface area contributed by atoms with Crippen molar-refractivity contribution in [2.75, 3.05) is 18.4 Å². The lowest BCUT2D eigenvalue weighted by molar-refractivity contribution is -0.123. The number of hydrogen-bond acceptors (Lipinski definition) is 5. The van der Waals surface area contributed by atoms with Crippen LogP contribution >= 0.6 is 11.6 Å². The van der Waals surface area contributed by atoms with Crippen molar-refractivity contribution < 1.29 is 27.1 Å². The van der Waals surface area contributed by atoms with E-state index in [0.29, 0.717) is 0 Å². The minimum Gasteiger partial charge on any atom is -0.449 e. The maximum atomic E-state index is 13.7. The van der Waals surface area contributed by atoms with Gasteiger partial charge in [-0.3, -0.25) is 4.79 Å². The average Bonchev–Trinajstić information content (AvgIpc) is 2.70. The fraction of sp³-hybridized carbons (Fsp3) is 0.300. The Morgan fingerprint density at radius 1 is 1.17 bits per heavy atom. The Morgan fingerprint density at radius 2 is 1.80 bits per heavy atom. The second-order valence-corrected chi connectivity index (χ2v) is 8.56. The quantitative estimate of drug-likeness (QED) is 0.611. The first-order valence-electron chi connectivity index (χ1n) is 9.17. The average molecular weight is 457 g/mol. The zero-order valence-corrected chi connectivity index (χ0v) is 18.3. The minimum absolute atomic E-state index is 0.0382. The summed E-state index contributed by atoms with van der Waals surface area (Å²) in [5.41, 5.74) is -0.139. The molecule has 0 unspecified atom stereocenters. The Balaban J connectivity index is 2.19. The number of nitrogens with one attached hydrogen (secondary N) is 1. The van der Waals surface area contributed by atoms with E-state index in [0.717, 1.165) is 6.07 Å². The van der Waals surface area contributed by atoms with Gasteiger partial charge in [-0.05, 0) is 37.3 Å². The van der Waals surface area contributed by atoms with Crippen LogP contribution in [-0.4, -0.2) is 43.8 Å². The van der Waals surface area contributed by atoms with Gasteiger partial charge in [0.15, 0.2) is 6.10 Å². The van der Waals surface area contributed by atoms with Crippen LogP contribution in [0.4, 0.5) is 10.1 Å². The van der Waals surface area contributed by atoms with Gasteiger partial charge in [-0.2, -0.15) is 4.31 Å². The molecule has 0 aliphatic heterocycles. The van der Waals surface area contributed by atoms with Crippen LogP contribution < -0.4 is 5.32 Å². The van der Waals surface area contributed by atoms with Crippen LogP contribution in [0.1, 0.15) is 31.1 Å². The molecule has 0 saturated heterocycles. The molecule has 0 aliphatic carbocycles. The van der Waals surface area contributed by atoms with Crippen LogP contribution in [0.5, 0.6) is 0 Å². The Morgan fingerprint density at radius 3 is 2.40 bits per heavy atom. The highest BCUT2D eigenvalue weighted by Gasteiger charge is 2.27. The van der Waals surface area contributed by atoms with E-state index in [9.17, 15) is 22.4 Å². The van der Waals surface area contributed by atoms with E-state index in [1.807, 2.05) is 0 Å². The predicted octanol–water partition coefficient (Wildman–Crippen LogP) is 3.69. The molecule has 0 saturated carbocycles. The molecule has 0 radical (unpaired) electrons. The fourth-order valence-corrected chi connectivity index (χ4v) is 4.57. The third-order valence-electron chi connectivity index (χ3n) is 4.27. The third kappa shape index (κ3) is 5.35. The van der Waals surface area contributed by atoms with Crippen molar-refractivity contribution in [3.63, 3.8) is 0 Å². The van der Waals surface area contributed by atoms with Gasteiger partial charge in [0.1, 0.15) is 10.7 Å². The monoisotopic (exact) mass is 456 g/mol. The number of carbonyl (C=O) groups excluding carboxylic acids is 2. The lowest BCUT2D eigenvalue weighted by Crippen LogP contribution is -2.31. The molecule has 2 aromatic rings. The first kappa shape index (κ1) is 23.8. The maximum absolute atomic E-state index is 13.7. The molecule has 0 fully saturated rings. The van der Waals surface area contributed by atoms with Gasteiger partial charge in [0.05, 0.1) is 16.3 Å². The Labute approximate surface area is 179 Å². The predicted molar refractivity (Wildman–Crippen MR) is 111 cm³/mol. The lowest BCUT2D eigenvalue weighted by Gasteiger charge is -2.20. The van der Waals surface area contributed by atoms with E-state index in [2.05, 4.69) is 5.32 Å².